The first kappa shape index (κ1) is 35.5. The maximum atomic E-state index is 12.7. The van der Waals surface area contributed by atoms with Gasteiger partial charge in [-0.15, -0.1) is 0 Å². The largest absolute Gasteiger partial charge is 0.313 e. The van der Waals surface area contributed by atoms with Gasteiger partial charge >= 0.3 is 0 Å². The fourth-order valence-electron chi connectivity index (χ4n) is 6.69. The zero-order chi connectivity index (χ0) is 30.1. The third kappa shape index (κ3) is 14.8. The molecule has 2 aliphatic heterocycles. The number of piperidine rings is 1. The lowest BCUT2D eigenvalue weighted by atomic mass is 9.79. The maximum absolute atomic E-state index is 12.7. The van der Waals surface area contributed by atoms with Gasteiger partial charge in [-0.05, 0) is 59.8 Å². The minimum Gasteiger partial charge on any atom is -0.313 e. The Kier molecular flexibility index (Phi) is 16.2. The normalized spacial score (nSPS) is 20.8. The first-order valence-electron chi connectivity index (χ1n) is 16.9. The molecule has 7 nitrogen and oxygen atoms in total. The molecule has 0 radical (unpaired) electrons. The van der Waals surface area contributed by atoms with E-state index in [1.54, 1.807) is 0 Å². The van der Waals surface area contributed by atoms with Gasteiger partial charge in [-0.1, -0.05) is 96.1 Å². The predicted molar refractivity (Wildman–Crippen MR) is 169 cm³/mol. The number of nitrogens with zero attached hydrogens (tertiary/aromatic N) is 1. The Morgan fingerprint density at radius 2 is 1.39 bits per heavy atom. The second-order valence-corrected chi connectivity index (χ2v) is 13.9. The van der Waals surface area contributed by atoms with Crippen LogP contribution in [0.25, 0.3) is 0 Å². The van der Waals surface area contributed by atoms with E-state index in [1.165, 1.54) is 83.5 Å². The maximum Gasteiger partial charge on any atom is 0.252 e. The van der Waals surface area contributed by atoms with E-state index in [1.807, 2.05) is 6.08 Å². The number of nitrogens with one attached hydrogen (secondary N) is 3. The highest BCUT2D eigenvalue weighted by Crippen LogP contribution is 2.28. The average Bonchev–Trinajstić information content (AvgIpc) is 3.14. The van der Waals surface area contributed by atoms with Crippen molar-refractivity contribution in [2.75, 3.05) is 6.54 Å². The van der Waals surface area contributed by atoms with E-state index in [0.29, 0.717) is 19.0 Å². The number of hydrogen-bond donors (Lipinski definition) is 3. The van der Waals surface area contributed by atoms with Gasteiger partial charge in [0.2, 0.25) is 11.8 Å². The lowest BCUT2D eigenvalue weighted by Gasteiger charge is -2.46. The summed E-state index contributed by atoms with van der Waals surface area (Å²) in [5.74, 6) is -1.27. The number of carbonyl (C=O) groups excluding carboxylic acids is 3. The third-order valence-corrected chi connectivity index (χ3v) is 8.51. The first-order chi connectivity index (χ1) is 19.5. The quantitative estimate of drug-likeness (QED) is 0.0772. The number of imide groups is 1. The summed E-state index contributed by atoms with van der Waals surface area (Å²) in [6.07, 6.45) is 25.7. The fourth-order valence-corrected chi connectivity index (χ4v) is 6.69. The van der Waals surface area contributed by atoms with Crippen LogP contribution in [0.5, 0.6) is 0 Å². The minimum absolute atomic E-state index is 0.0337. The molecule has 2 saturated heterocycles. The zero-order valence-corrected chi connectivity index (χ0v) is 27.1. The number of allylic oxidation sites excluding steroid dienone is 2. The number of carbonyl (C=O) groups is 3. The van der Waals surface area contributed by atoms with Crippen molar-refractivity contribution >= 4 is 17.7 Å². The summed E-state index contributed by atoms with van der Waals surface area (Å²) in [7, 11) is 0. The third-order valence-electron chi connectivity index (χ3n) is 8.51. The van der Waals surface area contributed by atoms with Gasteiger partial charge in [0.1, 0.15) is 0 Å². The SMILES string of the molecule is CCCCCCCCCCCCCCCC=CCC1CC(=O)N(NC(=O)CCNC2CC(C)(C)NC(C)(C)C2)C1=O. The molecular weight excluding hydrogens is 512 g/mol. The Bertz CT molecular complexity index is 807. The predicted octanol–water partition coefficient (Wildman–Crippen LogP) is 7.11. The Hall–Kier alpha value is -1.73. The summed E-state index contributed by atoms with van der Waals surface area (Å²) in [5, 5.41) is 8.10. The smallest absolute Gasteiger partial charge is 0.252 e. The molecule has 1 atom stereocenters. The number of hydrogen-bond acceptors (Lipinski definition) is 5. The van der Waals surface area contributed by atoms with Crippen LogP contribution >= 0.6 is 0 Å². The van der Waals surface area contributed by atoms with E-state index in [4.69, 9.17) is 0 Å². The van der Waals surface area contributed by atoms with Gasteiger partial charge in [-0.25, -0.2) is 0 Å². The molecule has 0 saturated carbocycles. The van der Waals surface area contributed by atoms with E-state index >= 15 is 0 Å². The van der Waals surface area contributed by atoms with Crippen LogP contribution in [0.1, 0.15) is 157 Å². The Morgan fingerprint density at radius 3 is 1.95 bits per heavy atom. The van der Waals surface area contributed by atoms with Crippen molar-refractivity contribution in [3.8, 4) is 0 Å². The molecule has 236 valence electrons. The van der Waals surface area contributed by atoms with Crippen molar-refractivity contribution in [3.63, 3.8) is 0 Å². The summed E-state index contributed by atoms with van der Waals surface area (Å²) < 4.78 is 0. The van der Waals surface area contributed by atoms with Crippen molar-refractivity contribution in [1.29, 1.82) is 0 Å². The van der Waals surface area contributed by atoms with Crippen molar-refractivity contribution in [3.05, 3.63) is 12.2 Å². The van der Waals surface area contributed by atoms with Crippen LogP contribution in [-0.2, 0) is 14.4 Å². The molecule has 2 aliphatic rings. The molecular formula is C34H62N4O3. The molecule has 1 unspecified atom stereocenters. The van der Waals surface area contributed by atoms with Gasteiger partial charge in [-0.3, -0.25) is 19.8 Å². The Balaban J connectivity index is 1.51. The first-order valence-corrected chi connectivity index (χ1v) is 16.9. The van der Waals surface area contributed by atoms with Crippen molar-refractivity contribution in [1.82, 2.24) is 21.1 Å². The highest BCUT2D eigenvalue weighted by Gasteiger charge is 2.39. The molecule has 7 heteroatoms. The van der Waals surface area contributed by atoms with Gasteiger partial charge in [0.25, 0.3) is 5.91 Å². The summed E-state index contributed by atoms with van der Waals surface area (Å²) in [6.45, 7) is 11.6. The number of rotatable bonds is 21. The summed E-state index contributed by atoms with van der Waals surface area (Å²) in [5.41, 5.74) is 2.62. The molecule has 3 amide bonds. The Morgan fingerprint density at radius 1 is 0.854 bits per heavy atom. The fraction of sp³-hybridized carbons (Fsp3) is 0.853. The van der Waals surface area contributed by atoms with Gasteiger partial charge in [-0.2, -0.15) is 5.01 Å². The minimum atomic E-state index is -0.372. The second-order valence-electron chi connectivity index (χ2n) is 13.9. The zero-order valence-electron chi connectivity index (χ0n) is 27.1. The topological polar surface area (TPSA) is 90.5 Å². The van der Waals surface area contributed by atoms with Crippen LogP contribution in [0.4, 0.5) is 0 Å². The summed E-state index contributed by atoms with van der Waals surface area (Å²) in [4.78, 5) is 37.6. The van der Waals surface area contributed by atoms with Crippen LogP contribution in [0.2, 0.25) is 0 Å². The standard InChI is InChI=1S/C34H62N4O3/c1-6-7-8-9-10-11-12-13-14-15-16-17-18-19-20-21-22-28-25-31(40)38(32(28)41)36-30(39)23-24-35-29-26-33(2,3)37-34(4,5)27-29/h20-21,28-29,35,37H,6-19,22-27H2,1-5H3,(H,36,39). The molecule has 0 aromatic heterocycles. The van der Waals surface area contributed by atoms with Gasteiger partial charge < -0.3 is 10.6 Å². The highest BCUT2D eigenvalue weighted by molar-refractivity contribution is 6.04. The van der Waals surface area contributed by atoms with Crippen LogP contribution in [0, 0.1) is 5.92 Å². The lowest BCUT2D eigenvalue weighted by molar-refractivity contribution is -0.148. The molecule has 3 N–H and O–H groups in total. The molecule has 0 aromatic carbocycles. The average molecular weight is 575 g/mol. The van der Waals surface area contributed by atoms with E-state index in [0.717, 1.165) is 24.3 Å². The second kappa shape index (κ2) is 18.7. The molecule has 0 aliphatic carbocycles. The van der Waals surface area contributed by atoms with Crippen molar-refractivity contribution in [2.45, 2.75) is 174 Å². The van der Waals surface area contributed by atoms with E-state index < -0.39 is 0 Å². The molecule has 0 spiro atoms. The molecule has 2 heterocycles. The number of amides is 3. The van der Waals surface area contributed by atoms with Crippen LogP contribution in [-0.4, -0.2) is 46.4 Å². The van der Waals surface area contributed by atoms with Gasteiger partial charge in [0.05, 0.1) is 5.92 Å². The Labute approximate surface area is 251 Å². The van der Waals surface area contributed by atoms with Gasteiger partial charge in [0.15, 0.2) is 0 Å². The van der Waals surface area contributed by atoms with Crippen LogP contribution < -0.4 is 16.1 Å². The summed E-state index contributed by atoms with van der Waals surface area (Å²) >= 11 is 0. The van der Waals surface area contributed by atoms with Crippen molar-refractivity contribution < 1.29 is 14.4 Å². The lowest BCUT2D eigenvalue weighted by Crippen LogP contribution is -2.61. The van der Waals surface area contributed by atoms with E-state index in [-0.39, 0.29) is 47.6 Å². The monoisotopic (exact) mass is 574 g/mol. The van der Waals surface area contributed by atoms with E-state index in [9.17, 15) is 14.4 Å². The van der Waals surface area contributed by atoms with E-state index in [2.05, 4.69) is 56.8 Å². The number of hydrazine groups is 1. The van der Waals surface area contributed by atoms with Gasteiger partial charge in [0, 0.05) is 36.5 Å². The highest BCUT2D eigenvalue weighted by atomic mass is 16.2. The van der Waals surface area contributed by atoms with Crippen LogP contribution in [0.3, 0.4) is 0 Å². The number of unbranched alkanes of at least 4 members (excludes halogenated alkanes) is 13. The summed E-state index contributed by atoms with van der Waals surface area (Å²) in [6, 6.07) is 0.319. The molecule has 41 heavy (non-hydrogen) atoms. The van der Waals surface area contributed by atoms with Crippen molar-refractivity contribution in [2.24, 2.45) is 5.92 Å². The van der Waals surface area contributed by atoms with Crippen LogP contribution in [0.15, 0.2) is 12.2 Å². The molecule has 2 fully saturated rings. The molecule has 2 rings (SSSR count). The molecule has 0 aromatic rings. The molecule has 0 bridgehead atoms.